The maximum Gasteiger partial charge on any atom is 0.164 e. The van der Waals surface area contributed by atoms with Crippen molar-refractivity contribution in [3.63, 3.8) is 0 Å². The van der Waals surface area contributed by atoms with E-state index in [0.29, 0.717) is 11.1 Å². The second-order valence-electron chi connectivity index (χ2n) is 3.59. The smallest absolute Gasteiger partial charge is 0.164 e. The Kier molecular flexibility index (Phi) is 3.06. The second-order valence-corrected chi connectivity index (χ2v) is 3.59. The van der Waals surface area contributed by atoms with Gasteiger partial charge in [-0.3, -0.25) is 0 Å². The Morgan fingerprint density at radius 2 is 1.76 bits per heavy atom. The highest BCUT2D eigenvalue weighted by atomic mass is 19.1. The van der Waals surface area contributed by atoms with Crippen molar-refractivity contribution in [1.82, 2.24) is 0 Å². The average molecular weight is 236 g/mol. The molecular formula is C13H10F2O2. The van der Waals surface area contributed by atoms with Crippen molar-refractivity contribution in [1.29, 1.82) is 0 Å². The third-order valence-corrected chi connectivity index (χ3v) is 2.53. The number of rotatable bonds is 2. The molecule has 2 aromatic rings. The predicted molar refractivity (Wildman–Crippen MR) is 59.4 cm³/mol. The summed E-state index contributed by atoms with van der Waals surface area (Å²) in [5.41, 5.74) is 1.01. The van der Waals surface area contributed by atoms with Crippen LogP contribution < -0.4 is 0 Å². The highest BCUT2D eigenvalue weighted by molar-refractivity contribution is 5.68. The number of phenols is 1. The Morgan fingerprint density at radius 3 is 2.41 bits per heavy atom. The normalized spacial score (nSPS) is 10.5. The van der Waals surface area contributed by atoms with Gasteiger partial charge in [0.05, 0.1) is 6.61 Å². The molecule has 0 aliphatic carbocycles. The van der Waals surface area contributed by atoms with Crippen LogP contribution >= 0.6 is 0 Å². The van der Waals surface area contributed by atoms with E-state index in [1.807, 2.05) is 0 Å². The van der Waals surface area contributed by atoms with Gasteiger partial charge in [-0.25, -0.2) is 8.78 Å². The summed E-state index contributed by atoms with van der Waals surface area (Å²) in [5.74, 6) is -1.78. The lowest BCUT2D eigenvalue weighted by Crippen LogP contribution is -1.94. The van der Waals surface area contributed by atoms with E-state index < -0.39 is 24.0 Å². The zero-order chi connectivity index (χ0) is 12.4. The van der Waals surface area contributed by atoms with Crippen LogP contribution in [0.1, 0.15) is 5.56 Å². The molecule has 0 unspecified atom stereocenters. The van der Waals surface area contributed by atoms with Crippen LogP contribution in [0.4, 0.5) is 8.78 Å². The second kappa shape index (κ2) is 4.51. The molecule has 0 bridgehead atoms. The van der Waals surface area contributed by atoms with Gasteiger partial charge in [-0.15, -0.1) is 0 Å². The third-order valence-electron chi connectivity index (χ3n) is 2.53. The molecule has 0 aliphatic rings. The molecule has 2 nitrogen and oxygen atoms in total. The van der Waals surface area contributed by atoms with Crippen molar-refractivity contribution in [3.8, 4) is 16.9 Å². The van der Waals surface area contributed by atoms with E-state index in [1.165, 1.54) is 24.3 Å². The van der Waals surface area contributed by atoms with Gasteiger partial charge in [0.15, 0.2) is 11.6 Å². The molecule has 2 aromatic carbocycles. The van der Waals surface area contributed by atoms with Crippen LogP contribution in [0.3, 0.4) is 0 Å². The first-order valence-electron chi connectivity index (χ1n) is 5.00. The fraction of sp³-hybridized carbons (Fsp3) is 0.0769. The fourth-order valence-electron chi connectivity index (χ4n) is 1.67. The monoisotopic (exact) mass is 236 g/mol. The Balaban J connectivity index is 2.60. The van der Waals surface area contributed by atoms with Crippen LogP contribution in [0.25, 0.3) is 11.1 Å². The molecule has 2 rings (SSSR count). The molecule has 0 heterocycles. The number of aliphatic hydroxyl groups is 1. The Labute approximate surface area is 96.8 Å². The minimum atomic E-state index is -0.740. The van der Waals surface area contributed by atoms with Crippen LogP contribution in [0, 0.1) is 11.6 Å². The largest absolute Gasteiger partial charge is 0.505 e. The fourth-order valence-corrected chi connectivity index (χ4v) is 1.67. The lowest BCUT2D eigenvalue weighted by Gasteiger charge is -2.09. The molecule has 0 aliphatic heterocycles. The molecule has 0 atom stereocenters. The zero-order valence-corrected chi connectivity index (χ0v) is 8.82. The van der Waals surface area contributed by atoms with Crippen molar-refractivity contribution >= 4 is 0 Å². The molecule has 88 valence electrons. The van der Waals surface area contributed by atoms with Gasteiger partial charge in [-0.2, -0.15) is 0 Å². The van der Waals surface area contributed by atoms with Crippen molar-refractivity contribution in [2.24, 2.45) is 0 Å². The minimum Gasteiger partial charge on any atom is -0.505 e. The van der Waals surface area contributed by atoms with E-state index >= 15 is 0 Å². The maximum atomic E-state index is 13.4. The molecule has 0 saturated heterocycles. The van der Waals surface area contributed by atoms with E-state index in [4.69, 9.17) is 5.11 Å². The molecule has 0 amide bonds. The van der Waals surface area contributed by atoms with E-state index in [1.54, 1.807) is 6.07 Å². The number of benzene rings is 2. The lowest BCUT2D eigenvalue weighted by molar-refractivity contribution is 0.276. The van der Waals surface area contributed by atoms with Gasteiger partial charge < -0.3 is 10.2 Å². The topological polar surface area (TPSA) is 40.5 Å². The quantitative estimate of drug-likeness (QED) is 0.841. The molecule has 0 saturated carbocycles. The first kappa shape index (κ1) is 11.5. The molecular weight excluding hydrogens is 226 g/mol. The molecule has 2 N–H and O–H groups in total. The molecule has 17 heavy (non-hydrogen) atoms. The number of hydrogen-bond donors (Lipinski definition) is 2. The van der Waals surface area contributed by atoms with Crippen LogP contribution in [0.5, 0.6) is 5.75 Å². The summed E-state index contributed by atoms with van der Waals surface area (Å²) in [6, 6.07) is 8.03. The summed E-state index contributed by atoms with van der Waals surface area (Å²) < 4.78 is 26.3. The van der Waals surface area contributed by atoms with E-state index in [-0.39, 0.29) is 5.56 Å². The zero-order valence-electron chi connectivity index (χ0n) is 8.82. The van der Waals surface area contributed by atoms with Gasteiger partial charge in [-0.1, -0.05) is 18.2 Å². The molecule has 0 fully saturated rings. The van der Waals surface area contributed by atoms with Crippen molar-refractivity contribution in [2.45, 2.75) is 6.61 Å². The van der Waals surface area contributed by atoms with E-state index in [2.05, 4.69) is 0 Å². The van der Waals surface area contributed by atoms with Crippen LogP contribution in [-0.4, -0.2) is 10.2 Å². The van der Waals surface area contributed by atoms with Gasteiger partial charge in [0.25, 0.3) is 0 Å². The minimum absolute atomic E-state index is 0.124. The lowest BCUT2D eigenvalue weighted by atomic mass is 9.99. The predicted octanol–water partition coefficient (Wildman–Crippen LogP) is 2.83. The Morgan fingerprint density at radius 1 is 1.00 bits per heavy atom. The van der Waals surface area contributed by atoms with Crippen molar-refractivity contribution < 1.29 is 19.0 Å². The van der Waals surface area contributed by atoms with Gasteiger partial charge in [0, 0.05) is 5.56 Å². The van der Waals surface area contributed by atoms with Crippen LogP contribution in [0.15, 0.2) is 36.4 Å². The number of phenolic OH excluding ortho intramolecular Hbond substituents is 1. The van der Waals surface area contributed by atoms with E-state index in [9.17, 15) is 13.9 Å². The summed E-state index contributed by atoms with van der Waals surface area (Å²) >= 11 is 0. The maximum absolute atomic E-state index is 13.4. The first-order chi connectivity index (χ1) is 8.13. The summed E-state index contributed by atoms with van der Waals surface area (Å²) in [6.45, 7) is -0.458. The van der Waals surface area contributed by atoms with E-state index in [0.717, 1.165) is 6.07 Å². The first-order valence-corrected chi connectivity index (χ1v) is 5.00. The number of aliphatic hydroxyl groups excluding tert-OH is 1. The summed E-state index contributed by atoms with van der Waals surface area (Å²) in [4.78, 5) is 0. The molecule has 0 radical (unpaired) electrons. The summed E-state index contributed by atoms with van der Waals surface area (Å²) in [7, 11) is 0. The molecule has 4 heteroatoms. The summed E-state index contributed by atoms with van der Waals surface area (Å²) in [6.07, 6.45) is 0. The number of halogens is 2. The Bertz CT molecular complexity index is 553. The Hall–Kier alpha value is -1.94. The molecule has 0 aromatic heterocycles. The van der Waals surface area contributed by atoms with Crippen molar-refractivity contribution in [3.05, 3.63) is 53.6 Å². The van der Waals surface area contributed by atoms with Crippen LogP contribution in [-0.2, 0) is 6.61 Å². The van der Waals surface area contributed by atoms with Crippen molar-refractivity contribution in [2.75, 3.05) is 0 Å². The van der Waals surface area contributed by atoms with Gasteiger partial charge in [0.2, 0.25) is 0 Å². The van der Waals surface area contributed by atoms with Gasteiger partial charge in [0.1, 0.15) is 5.82 Å². The van der Waals surface area contributed by atoms with Crippen LogP contribution in [0.2, 0.25) is 0 Å². The number of aromatic hydroxyl groups is 1. The highest BCUT2D eigenvalue weighted by Gasteiger charge is 2.10. The standard InChI is InChI=1S/C13H10F2O2/c14-11-3-1-2-9(10(11)7-16)8-4-5-12(15)13(17)6-8/h1-6,16-17H,7H2. The SMILES string of the molecule is OCc1c(F)cccc1-c1ccc(F)c(O)c1. The third kappa shape index (κ3) is 2.12. The highest BCUT2D eigenvalue weighted by Crippen LogP contribution is 2.29. The average Bonchev–Trinajstić information content (AvgIpc) is 2.32. The van der Waals surface area contributed by atoms with Gasteiger partial charge >= 0.3 is 0 Å². The number of hydrogen-bond acceptors (Lipinski definition) is 2. The van der Waals surface area contributed by atoms with Gasteiger partial charge in [-0.05, 0) is 29.3 Å². The molecule has 0 spiro atoms. The summed E-state index contributed by atoms with van der Waals surface area (Å²) in [5, 5.41) is 18.4.